The van der Waals surface area contributed by atoms with Crippen LogP contribution < -0.4 is 0 Å². The third-order valence-electron chi connectivity index (χ3n) is 2.84. The molecule has 0 radical (unpaired) electrons. The minimum atomic E-state index is 0.244. The maximum absolute atomic E-state index is 11.8. The van der Waals surface area contributed by atoms with Gasteiger partial charge in [0.2, 0.25) is 0 Å². The second-order valence-electron chi connectivity index (χ2n) is 4.38. The van der Waals surface area contributed by atoms with E-state index in [4.69, 9.17) is 0 Å². The number of rotatable bonds is 4. The maximum Gasteiger partial charge on any atom is 0.142 e. The van der Waals surface area contributed by atoms with Crippen molar-refractivity contribution in [2.45, 2.75) is 38.5 Å². The van der Waals surface area contributed by atoms with Gasteiger partial charge < -0.3 is 0 Å². The quantitative estimate of drug-likeness (QED) is 0.726. The first-order valence-corrected chi connectivity index (χ1v) is 5.79. The molecule has 0 saturated heterocycles. The van der Waals surface area contributed by atoms with Crippen LogP contribution in [0, 0.1) is 0 Å². The van der Waals surface area contributed by atoms with Gasteiger partial charge in [0.15, 0.2) is 0 Å². The van der Waals surface area contributed by atoms with Gasteiger partial charge in [-0.05, 0) is 25.7 Å². The Morgan fingerprint density at radius 1 is 1.44 bits per heavy atom. The van der Waals surface area contributed by atoms with E-state index in [9.17, 15) is 4.79 Å². The highest BCUT2D eigenvalue weighted by molar-refractivity contribution is 5.82. The second-order valence-corrected chi connectivity index (χ2v) is 4.38. The van der Waals surface area contributed by atoms with Crippen LogP contribution in [0.3, 0.4) is 0 Å². The van der Waals surface area contributed by atoms with E-state index in [2.05, 4.69) is 16.4 Å². The largest absolute Gasteiger partial charge is 0.299 e. The molecular formula is C12H17N3O. The molecule has 0 unspecified atom stereocenters. The average molecular weight is 219 g/mol. The minimum Gasteiger partial charge on any atom is -0.299 e. The van der Waals surface area contributed by atoms with E-state index in [1.807, 2.05) is 7.05 Å². The van der Waals surface area contributed by atoms with Crippen LogP contribution in [0.5, 0.6) is 0 Å². The molecule has 1 heterocycles. The topological polar surface area (TPSA) is 47.8 Å². The summed E-state index contributed by atoms with van der Waals surface area (Å²) in [5, 5.41) is 7.74. The van der Waals surface area contributed by atoms with Crippen molar-refractivity contribution in [3.63, 3.8) is 0 Å². The maximum atomic E-state index is 11.8. The van der Waals surface area contributed by atoms with Gasteiger partial charge >= 0.3 is 0 Å². The van der Waals surface area contributed by atoms with Crippen molar-refractivity contribution in [1.29, 1.82) is 0 Å². The van der Waals surface area contributed by atoms with Gasteiger partial charge in [0.05, 0.1) is 12.1 Å². The summed E-state index contributed by atoms with van der Waals surface area (Å²) in [4.78, 5) is 11.8. The Bertz CT molecular complexity index is 406. The number of aryl methyl sites for hydroxylation is 1. The first kappa shape index (κ1) is 11.0. The van der Waals surface area contributed by atoms with Gasteiger partial charge in [-0.3, -0.25) is 9.48 Å². The molecule has 4 heteroatoms. The highest BCUT2D eigenvalue weighted by Gasteiger charge is 2.11. The number of carbonyl (C=O) groups is 1. The summed E-state index contributed by atoms with van der Waals surface area (Å²) in [6.45, 7) is 0. The highest BCUT2D eigenvalue weighted by Crippen LogP contribution is 2.20. The number of hydrogen-bond acceptors (Lipinski definition) is 3. The van der Waals surface area contributed by atoms with Gasteiger partial charge in [-0.2, -0.15) is 0 Å². The second kappa shape index (κ2) is 5.05. The van der Waals surface area contributed by atoms with Crippen molar-refractivity contribution in [1.82, 2.24) is 15.0 Å². The van der Waals surface area contributed by atoms with Crippen LogP contribution >= 0.6 is 0 Å². The summed E-state index contributed by atoms with van der Waals surface area (Å²) in [7, 11) is 1.81. The molecule has 16 heavy (non-hydrogen) atoms. The monoisotopic (exact) mass is 219 g/mol. The molecule has 0 bridgehead atoms. The lowest BCUT2D eigenvalue weighted by Crippen LogP contribution is -2.06. The van der Waals surface area contributed by atoms with Gasteiger partial charge in [0, 0.05) is 19.7 Å². The van der Waals surface area contributed by atoms with E-state index in [1.165, 1.54) is 18.4 Å². The molecule has 86 valence electrons. The minimum absolute atomic E-state index is 0.244. The van der Waals surface area contributed by atoms with Crippen molar-refractivity contribution in [2.24, 2.45) is 7.05 Å². The molecule has 0 atom stereocenters. The highest BCUT2D eigenvalue weighted by atomic mass is 16.1. The fourth-order valence-electron chi connectivity index (χ4n) is 2.06. The van der Waals surface area contributed by atoms with Crippen molar-refractivity contribution < 1.29 is 4.79 Å². The van der Waals surface area contributed by atoms with Crippen molar-refractivity contribution >= 4 is 5.78 Å². The Morgan fingerprint density at radius 3 is 2.94 bits per heavy atom. The lowest BCUT2D eigenvalue weighted by Gasteiger charge is -2.11. The Kier molecular flexibility index (Phi) is 3.49. The molecule has 1 aliphatic rings. The van der Waals surface area contributed by atoms with Crippen LogP contribution in [0.25, 0.3) is 0 Å². The van der Waals surface area contributed by atoms with Gasteiger partial charge in [0.25, 0.3) is 0 Å². The zero-order valence-electron chi connectivity index (χ0n) is 9.65. The van der Waals surface area contributed by atoms with E-state index in [0.717, 1.165) is 18.5 Å². The van der Waals surface area contributed by atoms with Crippen LogP contribution in [-0.2, 0) is 18.3 Å². The van der Waals surface area contributed by atoms with Gasteiger partial charge in [-0.1, -0.05) is 16.9 Å². The fourth-order valence-corrected chi connectivity index (χ4v) is 2.06. The van der Waals surface area contributed by atoms with E-state index in [-0.39, 0.29) is 5.78 Å². The molecule has 1 aromatic rings. The summed E-state index contributed by atoms with van der Waals surface area (Å²) < 4.78 is 1.63. The standard InChI is InChI=1S/C12H17N3O/c1-15-9-11(13-14-15)8-12(16)7-10-5-3-2-4-6-10/h5,9H,2-4,6-8H2,1H3. The smallest absolute Gasteiger partial charge is 0.142 e. The predicted molar refractivity (Wildman–Crippen MR) is 60.9 cm³/mol. The first-order chi connectivity index (χ1) is 7.74. The van der Waals surface area contributed by atoms with Gasteiger partial charge in [-0.15, -0.1) is 5.10 Å². The van der Waals surface area contributed by atoms with Crippen LogP contribution in [0.2, 0.25) is 0 Å². The third-order valence-corrected chi connectivity index (χ3v) is 2.84. The molecule has 0 saturated carbocycles. The molecule has 0 spiro atoms. The fraction of sp³-hybridized carbons (Fsp3) is 0.583. The zero-order chi connectivity index (χ0) is 11.4. The Hall–Kier alpha value is -1.45. The predicted octanol–water partition coefficient (Wildman–Crippen LogP) is 1.82. The lowest BCUT2D eigenvalue weighted by atomic mass is 9.95. The van der Waals surface area contributed by atoms with Crippen LogP contribution in [-0.4, -0.2) is 20.8 Å². The number of ketones is 1. The molecule has 4 nitrogen and oxygen atoms in total. The zero-order valence-corrected chi connectivity index (χ0v) is 9.65. The molecule has 0 aromatic carbocycles. The summed E-state index contributed by atoms with van der Waals surface area (Å²) in [5.74, 6) is 0.244. The van der Waals surface area contributed by atoms with Crippen LogP contribution in [0.4, 0.5) is 0 Å². The van der Waals surface area contributed by atoms with E-state index >= 15 is 0 Å². The van der Waals surface area contributed by atoms with Gasteiger partial charge in [0.1, 0.15) is 5.78 Å². The summed E-state index contributed by atoms with van der Waals surface area (Å²) >= 11 is 0. The Morgan fingerprint density at radius 2 is 2.31 bits per heavy atom. The third kappa shape index (κ3) is 3.02. The van der Waals surface area contributed by atoms with Crippen molar-refractivity contribution in [3.8, 4) is 0 Å². The van der Waals surface area contributed by atoms with E-state index in [0.29, 0.717) is 12.8 Å². The van der Waals surface area contributed by atoms with E-state index < -0.39 is 0 Å². The molecular weight excluding hydrogens is 202 g/mol. The molecule has 1 aromatic heterocycles. The number of nitrogens with zero attached hydrogens (tertiary/aromatic N) is 3. The number of allylic oxidation sites excluding steroid dienone is 2. The van der Waals surface area contributed by atoms with Crippen molar-refractivity contribution in [2.75, 3.05) is 0 Å². The van der Waals surface area contributed by atoms with Gasteiger partial charge in [-0.25, -0.2) is 0 Å². The molecule has 0 aliphatic heterocycles. The molecule has 0 N–H and O–H groups in total. The normalized spacial score (nSPS) is 15.9. The SMILES string of the molecule is Cn1cc(CC(=O)CC2=CCCCC2)nn1. The number of hydrogen-bond donors (Lipinski definition) is 0. The Labute approximate surface area is 95.3 Å². The van der Waals surface area contributed by atoms with Crippen molar-refractivity contribution in [3.05, 3.63) is 23.5 Å². The lowest BCUT2D eigenvalue weighted by molar-refractivity contribution is -0.117. The number of Topliss-reactive ketones (excluding diaryl/α,β-unsaturated/α-hetero) is 1. The summed E-state index contributed by atoms with van der Waals surface area (Å²) in [6.07, 6.45) is 9.74. The average Bonchev–Trinajstić information content (AvgIpc) is 2.65. The Balaban J connectivity index is 1.86. The first-order valence-electron chi connectivity index (χ1n) is 5.79. The molecule has 0 amide bonds. The van der Waals surface area contributed by atoms with Crippen LogP contribution in [0.1, 0.15) is 37.8 Å². The molecule has 2 rings (SSSR count). The molecule has 0 fully saturated rings. The summed E-state index contributed by atoms with van der Waals surface area (Å²) in [5.41, 5.74) is 2.07. The van der Waals surface area contributed by atoms with E-state index in [1.54, 1.807) is 10.9 Å². The van der Waals surface area contributed by atoms with Crippen LogP contribution in [0.15, 0.2) is 17.8 Å². The molecule has 1 aliphatic carbocycles. The summed E-state index contributed by atoms with van der Waals surface area (Å²) in [6, 6.07) is 0. The number of carbonyl (C=O) groups excluding carboxylic acids is 1. The number of aromatic nitrogens is 3.